The highest BCUT2D eigenvalue weighted by Crippen LogP contribution is 2.39. The molecule has 0 aromatic heterocycles. The molecule has 0 amide bonds. The van der Waals surface area contributed by atoms with Crippen LogP contribution in [0.25, 0.3) is 0 Å². The highest BCUT2D eigenvalue weighted by Gasteiger charge is 2.41. The van der Waals surface area contributed by atoms with Crippen molar-refractivity contribution in [3.05, 3.63) is 29.8 Å². The summed E-state index contributed by atoms with van der Waals surface area (Å²) in [7, 11) is 0. The molecule has 1 aromatic rings. The third-order valence-corrected chi connectivity index (χ3v) is 5.32. The summed E-state index contributed by atoms with van der Waals surface area (Å²) in [5, 5.41) is 14.7. The first kappa shape index (κ1) is 13.9. The summed E-state index contributed by atoms with van der Waals surface area (Å²) in [5.74, 6) is 0.831. The Bertz CT molecular complexity index is 433. The minimum absolute atomic E-state index is 0.209. The molecule has 2 nitrogen and oxygen atoms in total. The van der Waals surface area contributed by atoms with Crippen LogP contribution >= 0.6 is 0 Å². The monoisotopic (exact) mass is 273 g/mol. The normalized spacial score (nSPS) is 33.3. The molecule has 3 rings (SSSR count). The van der Waals surface area contributed by atoms with E-state index < -0.39 is 5.60 Å². The summed E-state index contributed by atoms with van der Waals surface area (Å²) in [6.07, 6.45) is 9.17. The van der Waals surface area contributed by atoms with Crippen molar-refractivity contribution in [1.82, 2.24) is 0 Å². The first-order valence-electron chi connectivity index (χ1n) is 8.28. The van der Waals surface area contributed by atoms with Gasteiger partial charge in [0.25, 0.3) is 0 Å². The predicted molar refractivity (Wildman–Crippen MR) is 84.0 cm³/mol. The summed E-state index contributed by atoms with van der Waals surface area (Å²) < 4.78 is 0. The van der Waals surface area contributed by atoms with Gasteiger partial charge in [-0.3, -0.25) is 0 Å². The zero-order valence-electron chi connectivity index (χ0n) is 12.6. The molecule has 110 valence electrons. The Morgan fingerprint density at radius 1 is 1.25 bits per heavy atom. The molecule has 3 unspecified atom stereocenters. The molecule has 1 aromatic carbocycles. The van der Waals surface area contributed by atoms with E-state index in [0.717, 1.165) is 25.2 Å². The number of anilines is 1. The zero-order valence-corrected chi connectivity index (χ0v) is 12.6. The van der Waals surface area contributed by atoms with Crippen LogP contribution in [0.15, 0.2) is 24.3 Å². The average molecular weight is 273 g/mol. The van der Waals surface area contributed by atoms with E-state index in [9.17, 15) is 5.11 Å². The van der Waals surface area contributed by atoms with Crippen LogP contribution in [-0.2, 0) is 6.42 Å². The Kier molecular flexibility index (Phi) is 4.02. The van der Waals surface area contributed by atoms with Crippen molar-refractivity contribution in [2.75, 3.05) is 5.32 Å². The van der Waals surface area contributed by atoms with Gasteiger partial charge in [0.2, 0.25) is 0 Å². The maximum atomic E-state index is 11.1. The van der Waals surface area contributed by atoms with E-state index in [1.807, 2.05) is 0 Å². The summed E-state index contributed by atoms with van der Waals surface area (Å²) in [6.45, 7) is 2.27. The van der Waals surface area contributed by atoms with Crippen molar-refractivity contribution in [3.8, 4) is 0 Å². The second kappa shape index (κ2) is 5.77. The molecule has 0 spiro atoms. The lowest BCUT2D eigenvalue weighted by Gasteiger charge is -2.33. The summed E-state index contributed by atoms with van der Waals surface area (Å²) in [5.41, 5.74) is 2.07. The molecule has 0 saturated heterocycles. The molecule has 3 atom stereocenters. The maximum absolute atomic E-state index is 11.1. The van der Waals surface area contributed by atoms with Gasteiger partial charge in [-0.1, -0.05) is 50.8 Å². The summed E-state index contributed by atoms with van der Waals surface area (Å²) in [6, 6.07) is 8.69. The molecule has 1 aliphatic heterocycles. The van der Waals surface area contributed by atoms with E-state index in [1.54, 1.807) is 0 Å². The van der Waals surface area contributed by atoms with Crippen LogP contribution in [0.5, 0.6) is 0 Å². The summed E-state index contributed by atoms with van der Waals surface area (Å²) >= 11 is 0. The fraction of sp³-hybridized carbons (Fsp3) is 0.667. The number of aliphatic hydroxyl groups is 1. The zero-order chi connectivity index (χ0) is 14.0. The van der Waals surface area contributed by atoms with Gasteiger partial charge in [-0.15, -0.1) is 0 Å². The molecule has 1 heterocycles. The van der Waals surface area contributed by atoms with Gasteiger partial charge in [0.1, 0.15) is 0 Å². The number of rotatable bonds is 3. The van der Waals surface area contributed by atoms with Crippen LogP contribution in [0.3, 0.4) is 0 Å². The Morgan fingerprint density at radius 2 is 2.10 bits per heavy atom. The molecule has 0 bridgehead atoms. The molecule has 20 heavy (non-hydrogen) atoms. The number of fused-ring (bicyclic) bond motifs is 1. The Morgan fingerprint density at radius 3 is 2.90 bits per heavy atom. The quantitative estimate of drug-likeness (QED) is 0.811. The van der Waals surface area contributed by atoms with Gasteiger partial charge < -0.3 is 10.4 Å². The van der Waals surface area contributed by atoms with Gasteiger partial charge >= 0.3 is 0 Å². The Hall–Kier alpha value is -1.02. The van der Waals surface area contributed by atoms with E-state index in [2.05, 4.69) is 36.5 Å². The topological polar surface area (TPSA) is 32.3 Å². The minimum Gasteiger partial charge on any atom is -0.388 e. The molecular weight excluding hydrogens is 246 g/mol. The number of hydrogen-bond acceptors (Lipinski definition) is 2. The van der Waals surface area contributed by atoms with Gasteiger partial charge in [-0.05, 0) is 43.2 Å². The van der Waals surface area contributed by atoms with E-state index in [1.165, 1.54) is 43.4 Å². The fourth-order valence-electron chi connectivity index (χ4n) is 4.09. The molecule has 2 heteroatoms. The highest BCUT2D eigenvalue weighted by molar-refractivity contribution is 5.57. The van der Waals surface area contributed by atoms with Crippen LogP contribution in [0, 0.1) is 5.92 Å². The standard InChI is InChI=1S/C18H27NO/c1-2-6-14-7-5-11-18(20,12-10-14)17-13-15-8-3-4-9-16(15)19-17/h3-4,8-9,14,17,19-20H,2,5-7,10-13H2,1H3. The van der Waals surface area contributed by atoms with Crippen molar-refractivity contribution in [1.29, 1.82) is 0 Å². The lowest BCUT2D eigenvalue weighted by atomic mass is 9.84. The van der Waals surface area contributed by atoms with E-state index in [-0.39, 0.29) is 6.04 Å². The Balaban J connectivity index is 1.68. The van der Waals surface area contributed by atoms with Crippen molar-refractivity contribution in [2.24, 2.45) is 5.92 Å². The van der Waals surface area contributed by atoms with Crippen LogP contribution in [0.4, 0.5) is 5.69 Å². The van der Waals surface area contributed by atoms with E-state index in [4.69, 9.17) is 0 Å². The van der Waals surface area contributed by atoms with Gasteiger partial charge in [0.05, 0.1) is 11.6 Å². The lowest BCUT2D eigenvalue weighted by Crippen LogP contribution is -2.45. The molecule has 1 aliphatic carbocycles. The SMILES string of the molecule is CCCC1CCCC(O)(C2Cc3ccccc3N2)CC1. The van der Waals surface area contributed by atoms with E-state index in [0.29, 0.717) is 0 Å². The van der Waals surface area contributed by atoms with Crippen molar-refractivity contribution >= 4 is 5.69 Å². The first-order chi connectivity index (χ1) is 9.71. The molecule has 2 aliphatic rings. The van der Waals surface area contributed by atoms with E-state index >= 15 is 0 Å². The number of para-hydroxylation sites is 1. The lowest BCUT2D eigenvalue weighted by molar-refractivity contribution is 0.00685. The molecule has 2 N–H and O–H groups in total. The van der Waals surface area contributed by atoms with Crippen molar-refractivity contribution in [3.63, 3.8) is 0 Å². The van der Waals surface area contributed by atoms with Crippen LogP contribution < -0.4 is 5.32 Å². The predicted octanol–water partition coefficient (Wildman–Crippen LogP) is 4.13. The van der Waals surface area contributed by atoms with Gasteiger partial charge in [0, 0.05) is 5.69 Å². The minimum atomic E-state index is -0.512. The summed E-state index contributed by atoms with van der Waals surface area (Å²) in [4.78, 5) is 0. The number of hydrogen-bond donors (Lipinski definition) is 2. The van der Waals surface area contributed by atoms with Gasteiger partial charge in [-0.2, -0.15) is 0 Å². The first-order valence-corrected chi connectivity index (χ1v) is 8.28. The van der Waals surface area contributed by atoms with Crippen molar-refractivity contribution in [2.45, 2.75) is 69.9 Å². The number of benzene rings is 1. The second-order valence-corrected chi connectivity index (χ2v) is 6.75. The maximum Gasteiger partial charge on any atom is 0.0851 e. The second-order valence-electron chi connectivity index (χ2n) is 6.75. The van der Waals surface area contributed by atoms with Gasteiger partial charge in [0.15, 0.2) is 0 Å². The highest BCUT2D eigenvalue weighted by atomic mass is 16.3. The number of nitrogens with one attached hydrogen (secondary N) is 1. The van der Waals surface area contributed by atoms with Crippen LogP contribution in [0.1, 0.15) is 57.4 Å². The van der Waals surface area contributed by atoms with Crippen molar-refractivity contribution < 1.29 is 5.11 Å². The third kappa shape index (κ3) is 2.71. The average Bonchev–Trinajstić information content (AvgIpc) is 2.81. The fourth-order valence-corrected chi connectivity index (χ4v) is 4.09. The molecule has 0 radical (unpaired) electrons. The van der Waals surface area contributed by atoms with Gasteiger partial charge in [-0.25, -0.2) is 0 Å². The molecule has 1 saturated carbocycles. The smallest absolute Gasteiger partial charge is 0.0851 e. The largest absolute Gasteiger partial charge is 0.388 e. The van der Waals surface area contributed by atoms with Crippen LogP contribution in [0.2, 0.25) is 0 Å². The third-order valence-electron chi connectivity index (χ3n) is 5.32. The molecule has 1 fully saturated rings. The molecular formula is C18H27NO. The Labute approximate surface area is 122 Å². The van der Waals surface area contributed by atoms with Crippen LogP contribution in [-0.4, -0.2) is 16.7 Å².